The Morgan fingerprint density at radius 1 is 1.21 bits per heavy atom. The Morgan fingerprint density at radius 3 is 2.36 bits per heavy atom. The van der Waals surface area contributed by atoms with Crippen molar-refractivity contribution in [2.75, 3.05) is 5.73 Å². The van der Waals surface area contributed by atoms with Gasteiger partial charge in [-0.3, -0.25) is 0 Å². The first-order chi connectivity index (χ1) is 6.70. The summed E-state index contributed by atoms with van der Waals surface area (Å²) in [5, 5.41) is 3.68. The molecule has 0 saturated carbocycles. The van der Waals surface area contributed by atoms with E-state index >= 15 is 0 Å². The number of aryl methyl sites for hydroxylation is 2. The van der Waals surface area contributed by atoms with Crippen LogP contribution in [-0.4, -0.2) is 5.16 Å². The van der Waals surface area contributed by atoms with E-state index in [1.165, 1.54) is 6.20 Å². The summed E-state index contributed by atoms with van der Waals surface area (Å²) in [6.07, 6.45) is 1.53. The van der Waals surface area contributed by atoms with E-state index < -0.39 is 0 Å². The third-order valence-corrected chi connectivity index (χ3v) is 2.31. The second-order valence-electron chi connectivity index (χ2n) is 3.38. The van der Waals surface area contributed by atoms with Crippen LogP contribution >= 0.6 is 0 Å². The fraction of sp³-hybridized carbons (Fsp3) is 0.182. The maximum atomic E-state index is 5.75. The molecule has 0 aliphatic rings. The largest absolute Gasteiger partial charge is 0.394 e. The van der Waals surface area contributed by atoms with Gasteiger partial charge in [-0.2, -0.15) is 0 Å². The zero-order chi connectivity index (χ0) is 10.1. The molecule has 14 heavy (non-hydrogen) atoms. The maximum Gasteiger partial charge on any atom is 0.190 e. The lowest BCUT2D eigenvalue weighted by Gasteiger charge is -2.05. The van der Waals surface area contributed by atoms with Crippen molar-refractivity contribution in [1.82, 2.24) is 5.16 Å². The highest BCUT2D eigenvalue weighted by molar-refractivity contribution is 5.75. The van der Waals surface area contributed by atoms with E-state index in [1.54, 1.807) is 0 Å². The van der Waals surface area contributed by atoms with Crippen LogP contribution in [0.3, 0.4) is 0 Å². The normalized spacial score (nSPS) is 10.4. The van der Waals surface area contributed by atoms with Gasteiger partial charge in [0.25, 0.3) is 0 Å². The molecule has 2 rings (SSSR count). The Kier molecular flexibility index (Phi) is 2.00. The van der Waals surface area contributed by atoms with Crippen molar-refractivity contribution >= 4 is 5.69 Å². The zero-order valence-corrected chi connectivity index (χ0v) is 8.24. The van der Waals surface area contributed by atoms with Crippen LogP contribution in [0.25, 0.3) is 11.3 Å². The summed E-state index contributed by atoms with van der Waals surface area (Å²) in [7, 11) is 0. The third-order valence-electron chi connectivity index (χ3n) is 2.31. The Hall–Kier alpha value is -1.77. The highest BCUT2D eigenvalue weighted by atomic mass is 16.5. The molecule has 0 saturated heterocycles. The zero-order valence-electron chi connectivity index (χ0n) is 8.24. The molecule has 0 amide bonds. The first-order valence-electron chi connectivity index (χ1n) is 4.47. The van der Waals surface area contributed by atoms with Crippen LogP contribution in [0.4, 0.5) is 5.69 Å². The quantitative estimate of drug-likeness (QED) is 0.748. The summed E-state index contributed by atoms with van der Waals surface area (Å²) in [4.78, 5) is 0. The number of hydrogen-bond donors (Lipinski definition) is 1. The number of hydrogen-bond acceptors (Lipinski definition) is 3. The van der Waals surface area contributed by atoms with Gasteiger partial charge in [0.15, 0.2) is 5.76 Å². The number of anilines is 1. The van der Waals surface area contributed by atoms with E-state index in [2.05, 4.69) is 5.16 Å². The molecule has 1 aromatic carbocycles. The fourth-order valence-electron chi connectivity index (χ4n) is 1.61. The summed E-state index contributed by atoms with van der Waals surface area (Å²) in [5.74, 6) is 0.667. The van der Waals surface area contributed by atoms with E-state index in [0.717, 1.165) is 16.7 Å². The minimum atomic E-state index is 0.586. The van der Waals surface area contributed by atoms with Gasteiger partial charge in [0.2, 0.25) is 0 Å². The van der Waals surface area contributed by atoms with Gasteiger partial charge in [0.1, 0.15) is 5.69 Å². The van der Waals surface area contributed by atoms with Crippen LogP contribution in [0, 0.1) is 13.8 Å². The fourth-order valence-corrected chi connectivity index (χ4v) is 1.61. The summed E-state index contributed by atoms with van der Waals surface area (Å²) < 4.78 is 5.14. The minimum Gasteiger partial charge on any atom is -0.394 e. The Bertz CT molecular complexity index is 440. The number of benzene rings is 1. The van der Waals surface area contributed by atoms with Crippen LogP contribution in [0.15, 0.2) is 28.9 Å². The minimum absolute atomic E-state index is 0.586. The summed E-state index contributed by atoms with van der Waals surface area (Å²) in [6.45, 7) is 4.06. The number of aromatic nitrogens is 1. The lowest BCUT2D eigenvalue weighted by molar-refractivity contribution is 0.432. The SMILES string of the molecule is Cc1cccc(C)c1-c1oncc1N. The van der Waals surface area contributed by atoms with E-state index in [4.69, 9.17) is 10.3 Å². The average Bonchev–Trinajstić information content (AvgIpc) is 2.52. The van der Waals surface area contributed by atoms with Gasteiger partial charge < -0.3 is 10.3 Å². The lowest BCUT2D eigenvalue weighted by atomic mass is 10.0. The Morgan fingerprint density at radius 2 is 1.86 bits per heavy atom. The molecule has 0 aliphatic heterocycles. The predicted octanol–water partition coefficient (Wildman–Crippen LogP) is 2.54. The van der Waals surface area contributed by atoms with E-state index in [0.29, 0.717) is 11.4 Å². The van der Waals surface area contributed by atoms with Crippen LogP contribution in [0.1, 0.15) is 11.1 Å². The number of nitrogen functional groups attached to an aromatic ring is 1. The van der Waals surface area contributed by atoms with Crippen molar-refractivity contribution in [3.05, 3.63) is 35.5 Å². The van der Waals surface area contributed by atoms with Gasteiger partial charge in [0.05, 0.1) is 6.20 Å². The molecule has 0 radical (unpaired) electrons. The van der Waals surface area contributed by atoms with Crippen molar-refractivity contribution < 1.29 is 4.52 Å². The van der Waals surface area contributed by atoms with Crippen molar-refractivity contribution in [3.63, 3.8) is 0 Å². The lowest BCUT2D eigenvalue weighted by Crippen LogP contribution is -1.90. The smallest absolute Gasteiger partial charge is 0.190 e. The second-order valence-corrected chi connectivity index (χ2v) is 3.38. The molecule has 0 spiro atoms. The standard InChI is InChI=1S/C11H12N2O/c1-7-4-3-5-8(2)10(7)11-9(12)6-13-14-11/h3-6H,12H2,1-2H3. The second kappa shape index (κ2) is 3.18. The molecule has 0 bridgehead atoms. The number of rotatable bonds is 1. The number of nitrogens with two attached hydrogens (primary N) is 1. The van der Waals surface area contributed by atoms with Crippen LogP contribution < -0.4 is 5.73 Å². The van der Waals surface area contributed by atoms with Crippen molar-refractivity contribution in [3.8, 4) is 11.3 Å². The monoisotopic (exact) mass is 188 g/mol. The van der Waals surface area contributed by atoms with Crippen molar-refractivity contribution in [2.45, 2.75) is 13.8 Å². The van der Waals surface area contributed by atoms with Crippen molar-refractivity contribution in [1.29, 1.82) is 0 Å². The van der Waals surface area contributed by atoms with Gasteiger partial charge in [-0.15, -0.1) is 0 Å². The summed E-state index contributed by atoms with van der Waals surface area (Å²) in [5.41, 5.74) is 9.68. The van der Waals surface area contributed by atoms with E-state index in [9.17, 15) is 0 Å². The molecule has 3 heteroatoms. The highest BCUT2D eigenvalue weighted by Gasteiger charge is 2.12. The van der Waals surface area contributed by atoms with Crippen molar-refractivity contribution in [2.24, 2.45) is 0 Å². The molecule has 1 heterocycles. The molecule has 0 aliphatic carbocycles. The molecular formula is C11H12N2O. The van der Waals surface area contributed by atoms with E-state index in [1.807, 2.05) is 32.0 Å². The van der Waals surface area contributed by atoms with Gasteiger partial charge in [0, 0.05) is 5.56 Å². The van der Waals surface area contributed by atoms with Crippen LogP contribution in [0.5, 0.6) is 0 Å². The molecule has 2 N–H and O–H groups in total. The van der Waals surface area contributed by atoms with Gasteiger partial charge in [-0.05, 0) is 25.0 Å². The topological polar surface area (TPSA) is 52.0 Å². The molecule has 0 unspecified atom stereocenters. The Balaban J connectivity index is 2.68. The molecular weight excluding hydrogens is 176 g/mol. The van der Waals surface area contributed by atoms with Crippen LogP contribution in [-0.2, 0) is 0 Å². The first kappa shape index (κ1) is 8.81. The molecule has 2 aromatic rings. The predicted molar refractivity (Wildman–Crippen MR) is 55.8 cm³/mol. The highest BCUT2D eigenvalue weighted by Crippen LogP contribution is 2.30. The summed E-state index contributed by atoms with van der Waals surface area (Å²) >= 11 is 0. The average molecular weight is 188 g/mol. The molecule has 0 fully saturated rings. The van der Waals surface area contributed by atoms with Gasteiger partial charge in [-0.1, -0.05) is 23.4 Å². The van der Waals surface area contributed by atoms with Gasteiger partial charge >= 0.3 is 0 Å². The third kappa shape index (κ3) is 1.27. The number of nitrogens with zero attached hydrogens (tertiary/aromatic N) is 1. The van der Waals surface area contributed by atoms with E-state index in [-0.39, 0.29) is 0 Å². The first-order valence-corrected chi connectivity index (χ1v) is 4.47. The Labute approximate surface area is 82.5 Å². The maximum absolute atomic E-state index is 5.75. The molecule has 3 nitrogen and oxygen atoms in total. The molecule has 1 aromatic heterocycles. The van der Waals surface area contributed by atoms with Crippen LogP contribution in [0.2, 0.25) is 0 Å². The van der Waals surface area contributed by atoms with Gasteiger partial charge in [-0.25, -0.2) is 0 Å². The molecule has 72 valence electrons. The summed E-state index contributed by atoms with van der Waals surface area (Å²) in [6, 6.07) is 6.08. The molecule has 0 atom stereocenters.